The Kier molecular flexibility index (Phi) is 4.83. The maximum absolute atomic E-state index is 5.88. The number of halogens is 1. The molecule has 0 spiro atoms. The molecule has 0 fully saturated rings. The van der Waals surface area contributed by atoms with Crippen LogP contribution in [0.3, 0.4) is 0 Å². The topological polar surface area (TPSA) is 25.2 Å². The minimum absolute atomic E-state index is 0.734. The van der Waals surface area contributed by atoms with Crippen molar-refractivity contribution < 1.29 is 4.42 Å². The van der Waals surface area contributed by atoms with Gasteiger partial charge in [-0.05, 0) is 55.9 Å². The van der Waals surface area contributed by atoms with Crippen LogP contribution in [0.2, 0.25) is 5.02 Å². The molecule has 0 saturated heterocycles. The van der Waals surface area contributed by atoms with Crippen LogP contribution in [-0.4, -0.2) is 13.6 Å². The zero-order valence-electron chi connectivity index (χ0n) is 11.2. The molecular formula is C16H18ClNO. The van der Waals surface area contributed by atoms with E-state index in [0.717, 1.165) is 35.1 Å². The van der Waals surface area contributed by atoms with Crippen molar-refractivity contribution >= 4 is 17.7 Å². The number of rotatable bonds is 5. The van der Waals surface area contributed by atoms with Crippen molar-refractivity contribution in [3.63, 3.8) is 0 Å². The van der Waals surface area contributed by atoms with Gasteiger partial charge in [0.2, 0.25) is 0 Å². The molecule has 2 nitrogen and oxygen atoms in total. The monoisotopic (exact) mass is 275 g/mol. The van der Waals surface area contributed by atoms with Crippen LogP contribution in [0, 0.1) is 0 Å². The SMILES string of the molecule is CCC(=Cc1ccc(-c2ccc(Cl)cc2)o1)CNC. The largest absolute Gasteiger partial charge is 0.457 e. The summed E-state index contributed by atoms with van der Waals surface area (Å²) in [6, 6.07) is 11.6. The summed E-state index contributed by atoms with van der Waals surface area (Å²) < 4.78 is 5.84. The van der Waals surface area contributed by atoms with Crippen LogP contribution in [0.15, 0.2) is 46.4 Å². The Labute approximate surface area is 119 Å². The van der Waals surface area contributed by atoms with Crippen molar-refractivity contribution in [2.45, 2.75) is 13.3 Å². The first kappa shape index (κ1) is 13.9. The van der Waals surface area contributed by atoms with Gasteiger partial charge in [0.1, 0.15) is 11.5 Å². The molecule has 2 aromatic rings. The molecule has 0 amide bonds. The van der Waals surface area contributed by atoms with E-state index >= 15 is 0 Å². The first-order valence-electron chi connectivity index (χ1n) is 6.42. The summed E-state index contributed by atoms with van der Waals surface area (Å²) in [5, 5.41) is 3.89. The van der Waals surface area contributed by atoms with E-state index in [2.05, 4.69) is 18.3 Å². The average molecular weight is 276 g/mol. The predicted octanol–water partition coefficient (Wildman–Crippen LogP) is 4.61. The molecule has 0 unspecified atom stereocenters. The summed E-state index contributed by atoms with van der Waals surface area (Å²) in [5.41, 5.74) is 2.36. The van der Waals surface area contributed by atoms with Gasteiger partial charge in [-0.1, -0.05) is 24.1 Å². The van der Waals surface area contributed by atoms with Crippen LogP contribution in [0.4, 0.5) is 0 Å². The maximum Gasteiger partial charge on any atom is 0.134 e. The molecule has 1 heterocycles. The second-order valence-corrected chi connectivity index (χ2v) is 4.83. The molecule has 1 aromatic heterocycles. The molecule has 1 N–H and O–H groups in total. The lowest BCUT2D eigenvalue weighted by Gasteiger charge is -2.01. The molecule has 0 radical (unpaired) electrons. The van der Waals surface area contributed by atoms with E-state index in [4.69, 9.17) is 16.0 Å². The Morgan fingerprint density at radius 1 is 1.21 bits per heavy atom. The number of hydrogen-bond donors (Lipinski definition) is 1. The van der Waals surface area contributed by atoms with Crippen molar-refractivity contribution in [1.82, 2.24) is 5.32 Å². The van der Waals surface area contributed by atoms with Crippen molar-refractivity contribution in [3.8, 4) is 11.3 Å². The van der Waals surface area contributed by atoms with Gasteiger partial charge in [-0.2, -0.15) is 0 Å². The van der Waals surface area contributed by atoms with Crippen LogP contribution in [0.1, 0.15) is 19.1 Å². The molecule has 2 rings (SSSR count). The Balaban J connectivity index is 2.21. The van der Waals surface area contributed by atoms with Crippen LogP contribution in [0.5, 0.6) is 0 Å². The van der Waals surface area contributed by atoms with Crippen LogP contribution in [-0.2, 0) is 0 Å². The minimum Gasteiger partial charge on any atom is -0.457 e. The summed E-state index contributed by atoms with van der Waals surface area (Å²) in [6.07, 6.45) is 3.10. The van der Waals surface area contributed by atoms with Gasteiger partial charge in [0.05, 0.1) is 0 Å². The Morgan fingerprint density at radius 2 is 1.95 bits per heavy atom. The lowest BCUT2D eigenvalue weighted by Crippen LogP contribution is -2.09. The lowest BCUT2D eigenvalue weighted by atomic mass is 10.1. The number of furan rings is 1. The fourth-order valence-corrected chi connectivity index (χ4v) is 2.03. The molecule has 0 saturated carbocycles. The van der Waals surface area contributed by atoms with E-state index in [0.29, 0.717) is 0 Å². The molecule has 19 heavy (non-hydrogen) atoms. The summed E-state index contributed by atoms with van der Waals surface area (Å²) in [5.74, 6) is 1.75. The van der Waals surface area contributed by atoms with E-state index < -0.39 is 0 Å². The zero-order chi connectivity index (χ0) is 13.7. The molecular weight excluding hydrogens is 258 g/mol. The van der Waals surface area contributed by atoms with Crippen molar-refractivity contribution in [2.75, 3.05) is 13.6 Å². The highest BCUT2D eigenvalue weighted by Gasteiger charge is 2.04. The van der Waals surface area contributed by atoms with Gasteiger partial charge in [0, 0.05) is 17.1 Å². The van der Waals surface area contributed by atoms with Gasteiger partial charge < -0.3 is 9.73 Å². The highest BCUT2D eigenvalue weighted by molar-refractivity contribution is 6.30. The highest BCUT2D eigenvalue weighted by Crippen LogP contribution is 2.25. The van der Waals surface area contributed by atoms with Gasteiger partial charge in [0.25, 0.3) is 0 Å². The fourth-order valence-electron chi connectivity index (χ4n) is 1.91. The van der Waals surface area contributed by atoms with E-state index in [1.54, 1.807) is 0 Å². The Morgan fingerprint density at radius 3 is 2.58 bits per heavy atom. The van der Waals surface area contributed by atoms with Gasteiger partial charge >= 0.3 is 0 Å². The van der Waals surface area contributed by atoms with Crippen molar-refractivity contribution in [2.24, 2.45) is 0 Å². The van der Waals surface area contributed by atoms with E-state index in [-0.39, 0.29) is 0 Å². The normalized spacial score (nSPS) is 11.8. The Bertz CT molecular complexity index is 554. The van der Waals surface area contributed by atoms with Gasteiger partial charge in [-0.15, -0.1) is 0 Å². The molecule has 0 bridgehead atoms. The first-order chi connectivity index (χ1) is 9.22. The van der Waals surface area contributed by atoms with Gasteiger partial charge in [0.15, 0.2) is 0 Å². The van der Waals surface area contributed by atoms with Crippen LogP contribution >= 0.6 is 11.6 Å². The molecule has 0 aliphatic heterocycles. The predicted molar refractivity (Wildman–Crippen MR) is 81.3 cm³/mol. The summed E-state index contributed by atoms with van der Waals surface area (Å²) in [4.78, 5) is 0. The number of likely N-dealkylation sites (N-methyl/N-ethyl adjacent to an activating group) is 1. The quantitative estimate of drug-likeness (QED) is 0.862. The number of nitrogens with one attached hydrogen (secondary N) is 1. The first-order valence-corrected chi connectivity index (χ1v) is 6.80. The van der Waals surface area contributed by atoms with Crippen molar-refractivity contribution in [3.05, 3.63) is 52.8 Å². The van der Waals surface area contributed by atoms with E-state index in [9.17, 15) is 0 Å². The van der Waals surface area contributed by atoms with Gasteiger partial charge in [-0.3, -0.25) is 0 Å². The molecule has 100 valence electrons. The fraction of sp³-hybridized carbons (Fsp3) is 0.250. The zero-order valence-corrected chi connectivity index (χ0v) is 12.0. The van der Waals surface area contributed by atoms with Gasteiger partial charge in [-0.25, -0.2) is 0 Å². The summed E-state index contributed by atoms with van der Waals surface area (Å²) >= 11 is 5.88. The molecule has 0 atom stereocenters. The lowest BCUT2D eigenvalue weighted by molar-refractivity contribution is 0.571. The third-order valence-corrected chi connectivity index (χ3v) is 3.21. The third kappa shape index (κ3) is 3.72. The van der Waals surface area contributed by atoms with Crippen LogP contribution < -0.4 is 5.32 Å². The third-order valence-electron chi connectivity index (χ3n) is 2.96. The summed E-state index contributed by atoms with van der Waals surface area (Å²) in [7, 11) is 1.95. The maximum atomic E-state index is 5.88. The standard InChI is InChI=1S/C16H18ClNO/c1-3-12(11-18-2)10-15-8-9-16(19-15)13-4-6-14(17)7-5-13/h4-10,18H,3,11H2,1-2H3. The van der Waals surface area contributed by atoms with Crippen LogP contribution in [0.25, 0.3) is 17.4 Å². The minimum atomic E-state index is 0.734. The molecule has 0 aliphatic rings. The highest BCUT2D eigenvalue weighted by atomic mass is 35.5. The number of benzene rings is 1. The second-order valence-electron chi connectivity index (χ2n) is 4.40. The molecule has 1 aromatic carbocycles. The van der Waals surface area contributed by atoms with Crippen molar-refractivity contribution in [1.29, 1.82) is 0 Å². The molecule has 3 heteroatoms. The van der Waals surface area contributed by atoms with E-state index in [1.807, 2.05) is 43.4 Å². The summed E-state index contributed by atoms with van der Waals surface area (Å²) in [6.45, 7) is 3.03. The van der Waals surface area contributed by atoms with E-state index in [1.165, 1.54) is 5.57 Å². The Hall–Kier alpha value is -1.51. The second kappa shape index (κ2) is 6.60. The molecule has 0 aliphatic carbocycles. The number of hydrogen-bond acceptors (Lipinski definition) is 2. The average Bonchev–Trinajstić information content (AvgIpc) is 2.87. The smallest absolute Gasteiger partial charge is 0.134 e.